The molecule has 25 heavy (non-hydrogen) atoms. The second-order valence-electron chi connectivity index (χ2n) is 5.24. The molecule has 2 rings (SSSR count). The molecule has 0 spiro atoms. The van der Waals surface area contributed by atoms with Crippen molar-refractivity contribution in [3.05, 3.63) is 71.1 Å². The molecule has 0 fully saturated rings. The minimum atomic E-state index is -0.582. The van der Waals surface area contributed by atoms with Gasteiger partial charge in [0.15, 0.2) is 11.6 Å². The van der Waals surface area contributed by atoms with E-state index in [1.165, 1.54) is 24.6 Å². The van der Waals surface area contributed by atoms with Gasteiger partial charge in [-0.3, -0.25) is 20.4 Å². The van der Waals surface area contributed by atoms with Crippen molar-refractivity contribution in [2.45, 2.75) is 13.8 Å². The topological polar surface area (TPSA) is 99.3 Å². The zero-order valence-electron chi connectivity index (χ0n) is 13.7. The van der Waals surface area contributed by atoms with Crippen LogP contribution >= 0.6 is 0 Å². The number of hydrogen-bond donors (Lipinski definition) is 4. The summed E-state index contributed by atoms with van der Waals surface area (Å²) in [7, 11) is 0. The Hall–Kier alpha value is -2.84. The van der Waals surface area contributed by atoms with Crippen LogP contribution in [0.2, 0.25) is 0 Å². The van der Waals surface area contributed by atoms with Gasteiger partial charge in [0, 0.05) is 40.3 Å². The van der Waals surface area contributed by atoms with E-state index in [1.807, 2.05) is 13.8 Å². The first kappa shape index (κ1) is 20.2. The van der Waals surface area contributed by atoms with Crippen LogP contribution in [0, 0.1) is 0 Å². The van der Waals surface area contributed by atoms with Crippen LogP contribution in [0.25, 0.3) is 0 Å². The Morgan fingerprint density at radius 3 is 1.56 bits per heavy atom. The number of rotatable bonds is 4. The number of allylic oxidation sites excluding steroid dienone is 10. The SMILES string of the molecule is CC1=CC(=O)/C(=C\NNC(=O)NN/C=C2/C=CC(C)=CC2=O)C=C1.[Co]. The summed E-state index contributed by atoms with van der Waals surface area (Å²) in [5, 5.41) is 0. The van der Waals surface area contributed by atoms with Crippen LogP contribution in [-0.2, 0) is 26.4 Å². The molecule has 0 saturated heterocycles. The van der Waals surface area contributed by atoms with Gasteiger partial charge in [0.05, 0.1) is 0 Å². The van der Waals surface area contributed by atoms with E-state index in [0.717, 1.165) is 11.1 Å². The summed E-state index contributed by atoms with van der Waals surface area (Å²) in [4.78, 5) is 34.9. The largest absolute Gasteiger partial charge is 0.351 e. The number of hydrogen-bond acceptors (Lipinski definition) is 5. The summed E-state index contributed by atoms with van der Waals surface area (Å²) in [5.74, 6) is -0.281. The second-order valence-corrected chi connectivity index (χ2v) is 5.24. The van der Waals surface area contributed by atoms with Crippen molar-refractivity contribution in [3.8, 4) is 0 Å². The third-order valence-corrected chi connectivity index (χ3v) is 3.16. The zero-order chi connectivity index (χ0) is 17.5. The fraction of sp³-hybridized carbons (Fsp3) is 0.118. The third-order valence-electron chi connectivity index (χ3n) is 3.16. The maximum absolute atomic E-state index is 11.7. The van der Waals surface area contributed by atoms with Gasteiger partial charge in [-0.25, -0.2) is 4.79 Å². The van der Waals surface area contributed by atoms with E-state index in [2.05, 4.69) is 21.7 Å². The Balaban J connectivity index is 0.00000312. The van der Waals surface area contributed by atoms with E-state index in [0.29, 0.717) is 11.1 Å². The Labute approximate surface area is 155 Å². The number of amides is 2. The van der Waals surface area contributed by atoms with Crippen LogP contribution in [-0.4, -0.2) is 17.6 Å². The predicted molar refractivity (Wildman–Crippen MR) is 89.9 cm³/mol. The molecular formula is C17H18CoN4O3. The normalized spacial score (nSPS) is 19.1. The van der Waals surface area contributed by atoms with Crippen LogP contribution < -0.4 is 21.7 Å². The molecule has 8 heteroatoms. The molecule has 1 radical (unpaired) electrons. The maximum Gasteiger partial charge on any atom is 0.351 e. The van der Waals surface area contributed by atoms with Gasteiger partial charge in [-0.2, -0.15) is 0 Å². The molecule has 2 amide bonds. The quantitative estimate of drug-likeness (QED) is 0.431. The molecule has 0 bridgehead atoms. The predicted octanol–water partition coefficient (Wildman–Crippen LogP) is 1.23. The molecule has 2 aliphatic carbocycles. The molecule has 2 aliphatic rings. The third kappa shape index (κ3) is 6.28. The van der Waals surface area contributed by atoms with Crippen LogP contribution in [0.3, 0.4) is 0 Å². The Morgan fingerprint density at radius 2 is 1.20 bits per heavy atom. The van der Waals surface area contributed by atoms with Gasteiger partial charge in [-0.1, -0.05) is 12.2 Å². The number of carbonyl (C=O) groups excluding carboxylic acids is 3. The number of nitrogens with one attached hydrogen (secondary N) is 4. The summed E-state index contributed by atoms with van der Waals surface area (Å²) in [6, 6.07) is -0.582. The maximum atomic E-state index is 11.7. The van der Waals surface area contributed by atoms with Gasteiger partial charge in [-0.15, -0.1) is 0 Å². The fourth-order valence-electron chi connectivity index (χ4n) is 1.91. The summed E-state index contributed by atoms with van der Waals surface area (Å²) in [6.07, 6.45) is 12.7. The zero-order valence-corrected chi connectivity index (χ0v) is 14.7. The Bertz CT molecular complexity index is 696. The average molecular weight is 385 g/mol. The molecule has 133 valence electrons. The Morgan fingerprint density at radius 1 is 0.800 bits per heavy atom. The average Bonchev–Trinajstić information content (AvgIpc) is 2.51. The van der Waals surface area contributed by atoms with E-state index < -0.39 is 6.03 Å². The molecule has 0 aromatic rings. The molecule has 0 aromatic heterocycles. The van der Waals surface area contributed by atoms with Crippen molar-refractivity contribution in [3.63, 3.8) is 0 Å². The van der Waals surface area contributed by atoms with Gasteiger partial charge in [0.2, 0.25) is 0 Å². The van der Waals surface area contributed by atoms with E-state index in [4.69, 9.17) is 0 Å². The van der Waals surface area contributed by atoms with E-state index in [9.17, 15) is 14.4 Å². The Kier molecular flexibility index (Phi) is 7.64. The molecule has 0 heterocycles. The van der Waals surface area contributed by atoms with Crippen molar-refractivity contribution in [2.75, 3.05) is 0 Å². The number of urea groups is 1. The van der Waals surface area contributed by atoms with Crippen molar-refractivity contribution in [1.82, 2.24) is 21.7 Å². The summed E-state index contributed by atoms with van der Waals surface area (Å²) < 4.78 is 0. The number of ketones is 2. The number of carbonyl (C=O) groups is 3. The summed E-state index contributed by atoms with van der Waals surface area (Å²) in [5.41, 5.74) is 12.3. The van der Waals surface area contributed by atoms with E-state index in [-0.39, 0.29) is 28.3 Å². The van der Waals surface area contributed by atoms with Crippen molar-refractivity contribution in [1.29, 1.82) is 0 Å². The van der Waals surface area contributed by atoms with Crippen molar-refractivity contribution < 1.29 is 31.2 Å². The van der Waals surface area contributed by atoms with Crippen molar-refractivity contribution in [2.24, 2.45) is 0 Å². The molecular weight excluding hydrogens is 367 g/mol. The standard InChI is InChI=1S/C17H18N4O3.Co/c1-11-3-5-13(15(22)7-11)9-18-20-17(24)21-19-10-14-6-4-12(2)8-16(14)23;/h3-10,18-19H,1-2H3,(H2,20,21,24);/b13-9-,14-10-;. The van der Waals surface area contributed by atoms with Gasteiger partial charge >= 0.3 is 6.03 Å². The molecule has 4 N–H and O–H groups in total. The first-order valence-corrected chi connectivity index (χ1v) is 7.24. The first-order valence-electron chi connectivity index (χ1n) is 7.24. The molecule has 0 atom stereocenters. The molecule has 7 nitrogen and oxygen atoms in total. The first-order chi connectivity index (χ1) is 11.5. The molecule has 0 aromatic carbocycles. The second kappa shape index (κ2) is 9.45. The van der Waals surface area contributed by atoms with Crippen LogP contribution in [0.1, 0.15) is 13.8 Å². The van der Waals surface area contributed by atoms with E-state index in [1.54, 1.807) is 24.3 Å². The summed E-state index contributed by atoms with van der Waals surface area (Å²) in [6.45, 7) is 3.65. The molecule has 0 saturated carbocycles. The van der Waals surface area contributed by atoms with E-state index >= 15 is 0 Å². The van der Waals surface area contributed by atoms with Crippen molar-refractivity contribution >= 4 is 17.6 Å². The smallest absolute Gasteiger partial charge is 0.304 e. The molecule has 0 aliphatic heterocycles. The van der Waals surface area contributed by atoms with Gasteiger partial charge < -0.3 is 10.9 Å². The summed E-state index contributed by atoms with van der Waals surface area (Å²) >= 11 is 0. The van der Waals surface area contributed by atoms with Crippen LogP contribution in [0.5, 0.6) is 0 Å². The van der Waals surface area contributed by atoms with Crippen LogP contribution in [0.15, 0.2) is 71.1 Å². The fourth-order valence-corrected chi connectivity index (χ4v) is 1.91. The monoisotopic (exact) mass is 385 g/mol. The van der Waals surface area contributed by atoms with Gasteiger partial charge in [0.25, 0.3) is 0 Å². The van der Waals surface area contributed by atoms with Crippen LogP contribution in [0.4, 0.5) is 4.79 Å². The molecule has 0 unspecified atom stereocenters. The van der Waals surface area contributed by atoms with Gasteiger partial charge in [0.1, 0.15) is 0 Å². The minimum absolute atomic E-state index is 0. The minimum Gasteiger partial charge on any atom is -0.304 e. The van der Waals surface area contributed by atoms with Gasteiger partial charge in [-0.05, 0) is 49.3 Å². The number of hydrazine groups is 2.